The van der Waals surface area contributed by atoms with Crippen molar-refractivity contribution in [1.82, 2.24) is 9.80 Å². The van der Waals surface area contributed by atoms with Crippen molar-refractivity contribution in [3.63, 3.8) is 0 Å². The van der Waals surface area contributed by atoms with Crippen molar-refractivity contribution in [3.8, 4) is 0 Å². The number of hydrogen-bond acceptors (Lipinski definition) is 5. The van der Waals surface area contributed by atoms with Crippen LogP contribution in [0.15, 0.2) is 30.3 Å². The van der Waals surface area contributed by atoms with E-state index in [4.69, 9.17) is 9.47 Å². The van der Waals surface area contributed by atoms with Crippen molar-refractivity contribution in [2.45, 2.75) is 96.3 Å². The Kier molecular flexibility index (Phi) is 7.25. The second-order valence-electron chi connectivity index (χ2n) is 13.0. The van der Waals surface area contributed by atoms with Crippen molar-refractivity contribution in [1.29, 1.82) is 0 Å². The molecule has 0 bridgehead atoms. The van der Waals surface area contributed by atoms with Crippen LogP contribution in [0.5, 0.6) is 0 Å². The van der Waals surface area contributed by atoms with E-state index in [0.717, 1.165) is 43.7 Å². The summed E-state index contributed by atoms with van der Waals surface area (Å²) >= 11 is 0. The number of piperidine rings is 1. The summed E-state index contributed by atoms with van der Waals surface area (Å²) in [7, 11) is 0. The fraction of sp³-hybridized carbons (Fsp3) is 0.724. The van der Waals surface area contributed by atoms with Crippen molar-refractivity contribution >= 4 is 12.1 Å². The minimum atomic E-state index is -0.529. The Bertz CT molecular complexity index is 887. The quantitative estimate of drug-likeness (QED) is 0.491. The maximum atomic E-state index is 12.8. The van der Waals surface area contributed by atoms with Crippen LogP contribution in [-0.2, 0) is 14.3 Å². The molecule has 1 amide bonds. The molecule has 2 saturated heterocycles. The van der Waals surface area contributed by atoms with E-state index >= 15 is 0 Å². The summed E-state index contributed by atoms with van der Waals surface area (Å²) in [5.74, 6) is 2.11. The van der Waals surface area contributed by atoms with E-state index < -0.39 is 11.2 Å². The molecule has 0 spiro atoms. The number of benzene rings is 1. The number of rotatable bonds is 6. The van der Waals surface area contributed by atoms with Crippen LogP contribution in [0.25, 0.3) is 0 Å². The molecule has 0 aromatic heterocycles. The Balaban J connectivity index is 1.33. The molecule has 3 aliphatic rings. The molecule has 0 N–H and O–H groups in total. The molecular formula is C29H44N2O4. The fourth-order valence-corrected chi connectivity index (χ4v) is 5.88. The highest BCUT2D eigenvalue weighted by atomic mass is 16.6. The number of esters is 1. The predicted molar refractivity (Wildman–Crippen MR) is 137 cm³/mol. The van der Waals surface area contributed by atoms with Crippen LogP contribution in [0.1, 0.15) is 85.1 Å². The summed E-state index contributed by atoms with van der Waals surface area (Å²) in [5, 5.41) is 0. The lowest BCUT2D eigenvalue weighted by atomic mass is 9.81. The van der Waals surface area contributed by atoms with Crippen LogP contribution in [0.2, 0.25) is 0 Å². The molecule has 1 unspecified atom stereocenters. The van der Waals surface area contributed by atoms with Gasteiger partial charge < -0.3 is 14.4 Å². The normalized spacial score (nSPS) is 25.0. The minimum Gasteiger partial charge on any atom is -0.460 e. The van der Waals surface area contributed by atoms with Crippen LogP contribution in [-0.4, -0.2) is 64.8 Å². The van der Waals surface area contributed by atoms with Gasteiger partial charge in [0.2, 0.25) is 0 Å². The van der Waals surface area contributed by atoms with E-state index in [0.29, 0.717) is 19.5 Å². The second-order valence-corrected chi connectivity index (χ2v) is 13.0. The minimum absolute atomic E-state index is 0.188. The largest absolute Gasteiger partial charge is 0.460 e. The van der Waals surface area contributed by atoms with Gasteiger partial charge in [-0.05, 0) is 104 Å². The molecule has 1 saturated carbocycles. The third-order valence-electron chi connectivity index (χ3n) is 7.59. The summed E-state index contributed by atoms with van der Waals surface area (Å²) in [4.78, 5) is 29.6. The van der Waals surface area contributed by atoms with Crippen LogP contribution in [0.4, 0.5) is 4.79 Å². The molecule has 6 nitrogen and oxygen atoms in total. The molecule has 1 aromatic carbocycles. The van der Waals surface area contributed by atoms with Crippen LogP contribution in [0, 0.1) is 11.8 Å². The van der Waals surface area contributed by atoms with Crippen molar-refractivity contribution in [2.24, 2.45) is 11.8 Å². The van der Waals surface area contributed by atoms with E-state index in [-0.39, 0.29) is 17.6 Å². The summed E-state index contributed by atoms with van der Waals surface area (Å²) in [6.45, 7) is 14.3. The number of hydrogen-bond donors (Lipinski definition) is 0. The van der Waals surface area contributed by atoms with Crippen LogP contribution < -0.4 is 0 Å². The van der Waals surface area contributed by atoms with E-state index in [1.807, 2.05) is 41.5 Å². The average Bonchev–Trinajstić information content (AvgIpc) is 3.48. The lowest BCUT2D eigenvalue weighted by Crippen LogP contribution is -2.73. The topological polar surface area (TPSA) is 59.1 Å². The highest BCUT2D eigenvalue weighted by Crippen LogP contribution is 2.52. The molecule has 2 atom stereocenters. The fourth-order valence-electron chi connectivity index (χ4n) is 5.88. The van der Waals surface area contributed by atoms with Gasteiger partial charge in [0.05, 0.1) is 12.0 Å². The summed E-state index contributed by atoms with van der Waals surface area (Å²) in [5.41, 5.74) is 0.0950. The molecule has 1 aliphatic carbocycles. The van der Waals surface area contributed by atoms with Gasteiger partial charge in [0.1, 0.15) is 11.2 Å². The maximum Gasteiger partial charge on any atom is 0.410 e. The van der Waals surface area contributed by atoms with Crippen LogP contribution in [0.3, 0.4) is 0 Å². The van der Waals surface area contributed by atoms with Crippen molar-refractivity contribution in [3.05, 3.63) is 35.9 Å². The van der Waals surface area contributed by atoms with Crippen LogP contribution >= 0.6 is 0 Å². The zero-order chi connectivity index (χ0) is 25.4. The first kappa shape index (κ1) is 26.0. The number of carbonyl (C=O) groups is 2. The van der Waals surface area contributed by atoms with Gasteiger partial charge in [0.15, 0.2) is 0 Å². The summed E-state index contributed by atoms with van der Waals surface area (Å²) in [6.07, 6.45) is 4.94. The maximum absolute atomic E-state index is 12.8. The number of carbonyl (C=O) groups excluding carboxylic acids is 2. The Morgan fingerprint density at radius 3 is 2.11 bits per heavy atom. The zero-order valence-electron chi connectivity index (χ0n) is 22.5. The lowest BCUT2D eigenvalue weighted by molar-refractivity contribution is -0.164. The Morgan fingerprint density at radius 1 is 0.943 bits per heavy atom. The smallest absolute Gasteiger partial charge is 0.410 e. The molecule has 6 heteroatoms. The molecule has 194 valence electrons. The molecule has 4 rings (SSSR count). The molecule has 1 aromatic rings. The van der Waals surface area contributed by atoms with E-state index in [2.05, 4.69) is 35.2 Å². The van der Waals surface area contributed by atoms with Crippen molar-refractivity contribution < 1.29 is 19.1 Å². The molecule has 0 radical (unpaired) electrons. The van der Waals surface area contributed by atoms with E-state index in [9.17, 15) is 9.59 Å². The first-order valence-electron chi connectivity index (χ1n) is 13.3. The highest BCUT2D eigenvalue weighted by molar-refractivity contribution is 5.74. The Hall–Kier alpha value is -2.08. The van der Waals surface area contributed by atoms with Gasteiger partial charge in [-0.15, -0.1) is 0 Å². The lowest BCUT2D eigenvalue weighted by Gasteiger charge is -2.56. The van der Waals surface area contributed by atoms with E-state index in [1.165, 1.54) is 18.4 Å². The van der Waals surface area contributed by atoms with Gasteiger partial charge in [-0.3, -0.25) is 9.69 Å². The first-order chi connectivity index (χ1) is 16.3. The Morgan fingerprint density at radius 2 is 1.54 bits per heavy atom. The highest BCUT2D eigenvalue weighted by Gasteiger charge is 2.53. The standard InChI is InChI=1S/C29H44N2O4/c1-27(2,3)34-25(32)18-29(19-30(20-29)26(33)35-28(4,5)6)31-14-12-21(13-15-31)16-23-17-24(23)22-10-8-7-9-11-22/h7-11,21,23-24H,12-20H2,1-6H3/t23-,24?/m1/s1. The number of amides is 1. The van der Waals surface area contributed by atoms with Gasteiger partial charge in [-0.25, -0.2) is 4.79 Å². The number of likely N-dealkylation sites (tertiary alicyclic amines) is 2. The SMILES string of the molecule is CC(C)(C)OC(=O)CC1(N2CCC(C[C@@H]3CC3c3ccccc3)CC2)CN(C(=O)OC(C)(C)C)C1. The van der Waals surface area contributed by atoms with Gasteiger partial charge in [0, 0.05) is 13.1 Å². The molecule has 2 heterocycles. The average molecular weight is 485 g/mol. The molecular weight excluding hydrogens is 440 g/mol. The molecule has 2 aliphatic heterocycles. The monoisotopic (exact) mass is 484 g/mol. The predicted octanol–water partition coefficient (Wildman–Crippen LogP) is 5.61. The second kappa shape index (κ2) is 9.76. The third-order valence-corrected chi connectivity index (χ3v) is 7.59. The van der Waals surface area contributed by atoms with Gasteiger partial charge in [0.25, 0.3) is 0 Å². The Labute approximate surface area is 211 Å². The summed E-state index contributed by atoms with van der Waals surface area (Å²) in [6, 6.07) is 10.9. The molecule has 35 heavy (non-hydrogen) atoms. The van der Waals surface area contributed by atoms with Crippen molar-refractivity contribution in [2.75, 3.05) is 26.2 Å². The first-order valence-corrected chi connectivity index (χ1v) is 13.3. The van der Waals surface area contributed by atoms with Gasteiger partial charge in [-0.1, -0.05) is 30.3 Å². The number of nitrogens with zero attached hydrogens (tertiary/aromatic N) is 2. The van der Waals surface area contributed by atoms with E-state index in [1.54, 1.807) is 4.90 Å². The third kappa shape index (κ3) is 6.78. The zero-order valence-corrected chi connectivity index (χ0v) is 22.5. The van der Waals surface area contributed by atoms with Gasteiger partial charge in [-0.2, -0.15) is 0 Å². The van der Waals surface area contributed by atoms with Gasteiger partial charge >= 0.3 is 12.1 Å². The molecule has 3 fully saturated rings. The summed E-state index contributed by atoms with van der Waals surface area (Å²) < 4.78 is 11.2. The number of ether oxygens (including phenoxy) is 2.